The van der Waals surface area contributed by atoms with Crippen molar-refractivity contribution in [1.29, 1.82) is 0 Å². The Hall–Kier alpha value is -1.40. The number of nitrogens with zero attached hydrogens (tertiary/aromatic N) is 2. The summed E-state index contributed by atoms with van der Waals surface area (Å²) in [5.74, 6) is -0.169. The summed E-state index contributed by atoms with van der Waals surface area (Å²) in [6, 6.07) is 7.43. The standard InChI is InChI=1S/C18H14Cl2N2OS2/c19-13-5-4-12(14(20)9-13)10-22-6-7-24-18(22)21-17(23)16-8-11-2-1-3-15(11)25-16/h4-9H,1-3,10H2. The predicted molar refractivity (Wildman–Crippen MR) is 104 cm³/mol. The third-order valence-electron chi connectivity index (χ3n) is 4.17. The first kappa shape index (κ1) is 17.0. The number of amides is 1. The summed E-state index contributed by atoms with van der Waals surface area (Å²) in [7, 11) is 0. The first-order chi connectivity index (χ1) is 12.1. The Morgan fingerprint density at radius 3 is 2.92 bits per heavy atom. The Bertz CT molecular complexity index is 995. The molecule has 0 bridgehead atoms. The number of aromatic nitrogens is 1. The van der Waals surface area contributed by atoms with Crippen LogP contribution in [-0.4, -0.2) is 10.5 Å². The van der Waals surface area contributed by atoms with Gasteiger partial charge in [-0.2, -0.15) is 4.99 Å². The van der Waals surface area contributed by atoms with E-state index in [1.165, 1.54) is 28.2 Å². The van der Waals surface area contributed by atoms with E-state index in [0.29, 0.717) is 21.4 Å². The Labute approximate surface area is 163 Å². The Balaban J connectivity index is 1.61. The molecule has 0 N–H and O–H groups in total. The largest absolute Gasteiger partial charge is 0.319 e. The molecule has 1 aliphatic carbocycles. The van der Waals surface area contributed by atoms with Gasteiger partial charge in [-0.15, -0.1) is 22.7 Å². The molecule has 128 valence electrons. The lowest BCUT2D eigenvalue weighted by Crippen LogP contribution is -2.17. The van der Waals surface area contributed by atoms with Gasteiger partial charge in [0.05, 0.1) is 11.4 Å². The number of thiophene rings is 1. The Kier molecular flexibility index (Phi) is 4.82. The van der Waals surface area contributed by atoms with Crippen molar-refractivity contribution >= 4 is 51.8 Å². The summed E-state index contributed by atoms with van der Waals surface area (Å²) in [5.41, 5.74) is 2.25. The van der Waals surface area contributed by atoms with Crippen LogP contribution in [0.5, 0.6) is 0 Å². The van der Waals surface area contributed by atoms with Crippen molar-refractivity contribution in [3.8, 4) is 0 Å². The average Bonchev–Trinajstić information content (AvgIpc) is 3.26. The highest BCUT2D eigenvalue weighted by Crippen LogP contribution is 2.30. The van der Waals surface area contributed by atoms with Gasteiger partial charge < -0.3 is 4.57 Å². The number of halogens is 2. The van der Waals surface area contributed by atoms with Crippen molar-refractivity contribution in [2.75, 3.05) is 0 Å². The van der Waals surface area contributed by atoms with E-state index in [1.807, 2.05) is 34.3 Å². The molecule has 2 heterocycles. The summed E-state index contributed by atoms with van der Waals surface area (Å²) in [4.78, 5) is 19.6. The van der Waals surface area contributed by atoms with Crippen molar-refractivity contribution in [1.82, 2.24) is 4.57 Å². The molecule has 0 unspecified atom stereocenters. The maximum absolute atomic E-state index is 12.5. The third kappa shape index (κ3) is 3.60. The number of carbonyl (C=O) groups excluding carboxylic acids is 1. The summed E-state index contributed by atoms with van der Waals surface area (Å²) in [5, 5.41) is 3.14. The van der Waals surface area contributed by atoms with E-state index in [1.54, 1.807) is 17.4 Å². The fourth-order valence-corrected chi connectivity index (χ4v) is 5.25. The molecular weight excluding hydrogens is 395 g/mol. The predicted octanol–water partition coefficient (Wildman–Crippen LogP) is 5.20. The van der Waals surface area contributed by atoms with E-state index in [2.05, 4.69) is 4.99 Å². The molecule has 0 aliphatic heterocycles. The van der Waals surface area contributed by atoms with Gasteiger partial charge >= 0.3 is 0 Å². The highest BCUT2D eigenvalue weighted by Gasteiger charge is 2.18. The summed E-state index contributed by atoms with van der Waals surface area (Å²) >= 11 is 15.2. The average molecular weight is 409 g/mol. The minimum absolute atomic E-state index is 0.169. The van der Waals surface area contributed by atoms with Gasteiger partial charge in [0.2, 0.25) is 0 Å². The second-order valence-corrected chi connectivity index (χ2v) is 8.73. The second-order valence-electron chi connectivity index (χ2n) is 5.88. The molecule has 25 heavy (non-hydrogen) atoms. The van der Waals surface area contributed by atoms with Crippen LogP contribution < -0.4 is 4.80 Å². The van der Waals surface area contributed by atoms with Crippen molar-refractivity contribution < 1.29 is 4.79 Å². The van der Waals surface area contributed by atoms with Gasteiger partial charge in [-0.05, 0) is 48.6 Å². The maximum Gasteiger partial charge on any atom is 0.289 e. The van der Waals surface area contributed by atoms with Gasteiger partial charge in [0, 0.05) is 26.5 Å². The van der Waals surface area contributed by atoms with Crippen molar-refractivity contribution in [2.45, 2.75) is 25.8 Å². The first-order valence-electron chi connectivity index (χ1n) is 7.88. The SMILES string of the molecule is O=C(N=c1sccn1Cc1ccc(Cl)cc1Cl)c1cc2c(s1)CCC2. The minimum atomic E-state index is -0.169. The molecule has 1 aliphatic rings. The molecule has 0 spiro atoms. The minimum Gasteiger partial charge on any atom is -0.319 e. The fraction of sp³-hybridized carbons (Fsp3) is 0.222. The van der Waals surface area contributed by atoms with E-state index in [9.17, 15) is 4.79 Å². The number of thiazole rings is 1. The Morgan fingerprint density at radius 1 is 1.24 bits per heavy atom. The van der Waals surface area contributed by atoms with E-state index < -0.39 is 0 Å². The molecule has 0 atom stereocenters. The molecule has 0 fully saturated rings. The lowest BCUT2D eigenvalue weighted by Gasteiger charge is -2.06. The molecule has 2 aromatic heterocycles. The molecule has 0 radical (unpaired) electrons. The van der Waals surface area contributed by atoms with Crippen molar-refractivity contribution in [2.24, 2.45) is 4.99 Å². The van der Waals surface area contributed by atoms with Crippen LogP contribution in [0.3, 0.4) is 0 Å². The van der Waals surface area contributed by atoms with Gasteiger partial charge in [0.1, 0.15) is 0 Å². The first-order valence-corrected chi connectivity index (χ1v) is 10.3. The zero-order chi connectivity index (χ0) is 17.4. The van der Waals surface area contributed by atoms with Gasteiger partial charge in [-0.1, -0.05) is 29.3 Å². The Morgan fingerprint density at radius 2 is 2.12 bits per heavy atom. The third-order valence-corrected chi connectivity index (χ3v) is 6.78. The molecule has 1 aromatic carbocycles. The molecule has 3 aromatic rings. The number of rotatable bonds is 3. The van der Waals surface area contributed by atoms with Crippen LogP contribution >= 0.6 is 45.9 Å². The van der Waals surface area contributed by atoms with Gasteiger partial charge in [0.25, 0.3) is 5.91 Å². The summed E-state index contributed by atoms with van der Waals surface area (Å²) in [6.07, 6.45) is 5.27. The second kappa shape index (κ2) is 7.08. The molecule has 1 amide bonds. The van der Waals surface area contributed by atoms with E-state index in [4.69, 9.17) is 23.2 Å². The molecule has 0 saturated heterocycles. The van der Waals surface area contributed by atoms with Gasteiger partial charge in [-0.3, -0.25) is 4.79 Å². The topological polar surface area (TPSA) is 34.4 Å². The molecule has 7 heteroatoms. The highest BCUT2D eigenvalue weighted by molar-refractivity contribution is 7.14. The molecule has 0 saturated carbocycles. The fourth-order valence-electron chi connectivity index (χ4n) is 2.92. The van der Waals surface area contributed by atoms with Crippen LogP contribution in [0.2, 0.25) is 10.0 Å². The van der Waals surface area contributed by atoms with E-state index in [0.717, 1.165) is 23.3 Å². The van der Waals surface area contributed by atoms with Crippen LogP contribution in [0.25, 0.3) is 0 Å². The summed E-state index contributed by atoms with van der Waals surface area (Å²) in [6.45, 7) is 0.548. The number of benzene rings is 1. The zero-order valence-electron chi connectivity index (χ0n) is 13.2. The maximum atomic E-state index is 12.5. The highest BCUT2D eigenvalue weighted by atomic mass is 35.5. The van der Waals surface area contributed by atoms with Crippen LogP contribution in [0, 0.1) is 0 Å². The van der Waals surface area contributed by atoms with Crippen molar-refractivity contribution in [3.63, 3.8) is 0 Å². The number of hydrogen-bond acceptors (Lipinski definition) is 3. The number of hydrogen-bond donors (Lipinski definition) is 0. The number of carbonyl (C=O) groups is 1. The monoisotopic (exact) mass is 408 g/mol. The summed E-state index contributed by atoms with van der Waals surface area (Å²) < 4.78 is 1.93. The van der Waals surface area contributed by atoms with Gasteiger partial charge in [0.15, 0.2) is 4.80 Å². The number of fused-ring (bicyclic) bond motifs is 1. The molecular formula is C18H14Cl2N2OS2. The lowest BCUT2D eigenvalue weighted by molar-refractivity contribution is 0.100. The van der Waals surface area contributed by atoms with Crippen molar-refractivity contribution in [3.05, 3.63) is 71.6 Å². The van der Waals surface area contributed by atoms with Crippen LogP contribution in [-0.2, 0) is 19.4 Å². The lowest BCUT2D eigenvalue weighted by atomic mass is 10.2. The van der Waals surface area contributed by atoms with E-state index >= 15 is 0 Å². The van der Waals surface area contributed by atoms with Crippen LogP contribution in [0.4, 0.5) is 0 Å². The molecule has 3 nitrogen and oxygen atoms in total. The van der Waals surface area contributed by atoms with Gasteiger partial charge in [-0.25, -0.2) is 0 Å². The number of aryl methyl sites for hydroxylation is 2. The van der Waals surface area contributed by atoms with Crippen LogP contribution in [0.1, 0.15) is 32.1 Å². The molecule has 4 rings (SSSR count). The van der Waals surface area contributed by atoms with E-state index in [-0.39, 0.29) is 5.91 Å². The smallest absolute Gasteiger partial charge is 0.289 e. The van der Waals surface area contributed by atoms with Crippen LogP contribution in [0.15, 0.2) is 40.8 Å². The zero-order valence-corrected chi connectivity index (χ0v) is 16.3. The normalized spacial score (nSPS) is 14.1. The quantitative estimate of drug-likeness (QED) is 0.586.